The summed E-state index contributed by atoms with van der Waals surface area (Å²) in [6, 6.07) is 4.50. The molecule has 0 aromatic carbocycles. The SMILES string of the molecule is Nc1nc2c(ncn2[C@@H]2O[C@@H]3COP(=O)(O)O[C@@H]4C(F)[C@H](n5cnc6c(N)ccnc65)O[C@@H]4COP(=O)(S)O[C@H]2C3O)c(=O)[nH]1.Nc1nc2c(ncn2[C@@H]2O[C@@H]3COP(=O)(O)O[C@@H]4C(F)[C@H](n5cnc6c(N)ccnc65)O[C@@H]4COP(O)(=S)O[C@H]2C3O)c(=O)[nH]1.Nc1nc2c(ncn2[C@@H]2O[C@@H]3COP(=O)(O)O[C@@H]4C(F)[C@H](n5cnc6c(N)ccnc65)O[C@@H]4COP(O)(=S)O[C@H]2C3O)c(=O)[nH]1. The van der Waals surface area contributed by atoms with Gasteiger partial charge in [-0.25, -0.2) is 76.3 Å². The van der Waals surface area contributed by atoms with Crippen molar-refractivity contribution >= 4 is 181 Å². The average Bonchev–Trinajstić information content (AvgIpc) is 1.63. The summed E-state index contributed by atoms with van der Waals surface area (Å²) in [5.41, 5.74) is 34.3. The number of rotatable bonds is 6. The first-order chi connectivity index (χ1) is 63.9. The lowest BCUT2D eigenvalue weighted by Gasteiger charge is -2.27. The number of pyridine rings is 3. The van der Waals surface area contributed by atoms with Gasteiger partial charge in [0.05, 0.1) is 94.7 Å². The molecule has 0 spiro atoms. The zero-order valence-electron chi connectivity index (χ0n) is 67.4. The summed E-state index contributed by atoms with van der Waals surface area (Å²) in [7, 11) is -15.3. The Morgan fingerprint density at radius 3 is 0.896 bits per heavy atom. The normalized spacial score (nSPS) is 37.7. The molecule has 12 aromatic heterocycles. The van der Waals surface area contributed by atoms with Gasteiger partial charge in [-0.05, 0) is 41.8 Å². The molecule has 9 fully saturated rings. The Balaban J connectivity index is 0.000000130. The predicted molar refractivity (Wildman–Crippen MR) is 454 cm³/mol. The molecule has 9 aliphatic rings. The first-order valence-corrected chi connectivity index (χ1v) is 51.5. The molecule has 30 atom stereocenters. The van der Waals surface area contributed by atoms with Gasteiger partial charge in [-0.15, -0.1) is 0 Å². The summed E-state index contributed by atoms with van der Waals surface area (Å²) in [6.07, 6.45) is -27.3. The third-order valence-corrected chi connectivity index (χ3v) is 29.8. The Hall–Kier alpha value is -8.97. The molecule has 12 unspecified atom stereocenters. The van der Waals surface area contributed by atoms with Crippen LogP contribution in [-0.4, -0.2) is 292 Å². The number of nitrogens with two attached hydrogens (primary N) is 6. The molecule has 21 heterocycles. The topological polar surface area (TPSA) is 835 Å². The minimum atomic E-state index is -5.09. The Labute approximate surface area is 761 Å². The standard InChI is InChI=1S/3C21H24FN9O11P2S/c3*22-10-14-9(40-19(10)30-5-26-11-7(23)1-2-25-16(11)30)4-38-44(36,45)42-15-13(32)8(3-37-43(34,35)41-14)39-20(15)31-6-27-12-17(31)28-21(24)29-18(12)33/h3*1-2,5-6,8-10,13-15,19-20,32H,3-4H2,(H2,23,25)(H,34,35)(H,36,45)(H3,24,28,29,33)/t3*8-,9-,10?,13?,14+,15+,19-,20-,44?/m111/s1. The first-order valence-electron chi connectivity index (χ1n) is 39.2. The van der Waals surface area contributed by atoms with Crippen LogP contribution in [0, 0.1) is 0 Å². The second-order valence-corrected chi connectivity index (χ2v) is 43.4. The Bertz CT molecular complexity index is 6490. The summed E-state index contributed by atoms with van der Waals surface area (Å²) in [5, 5.41) is 33.2. The molecule has 21 rings (SSSR count). The highest BCUT2D eigenvalue weighted by molar-refractivity contribution is 8.44. The highest BCUT2D eigenvalue weighted by atomic mass is 32.7. The van der Waals surface area contributed by atoms with Crippen LogP contribution in [0.3, 0.4) is 0 Å². The maximum Gasteiger partial charge on any atom is 0.472 e. The number of fused-ring (bicyclic) bond motifs is 15. The van der Waals surface area contributed by atoms with Crippen molar-refractivity contribution < 1.29 is 154 Å². The number of halogens is 3. The molecule has 6 bridgehead atoms. The molecule has 60 nitrogen and oxygen atoms in total. The van der Waals surface area contributed by atoms with Crippen LogP contribution >= 0.6 is 56.0 Å². The molecule has 0 amide bonds. The molecule has 135 heavy (non-hydrogen) atoms. The number of phosphoric acid groups is 3. The van der Waals surface area contributed by atoms with Gasteiger partial charge >= 0.3 is 43.7 Å². The second-order valence-electron chi connectivity index (χ2n) is 30.7. The van der Waals surface area contributed by atoms with E-state index in [1.54, 1.807) is 0 Å². The number of imidazole rings is 6. The van der Waals surface area contributed by atoms with Crippen LogP contribution < -0.4 is 51.1 Å². The van der Waals surface area contributed by atoms with E-state index in [4.69, 9.17) is 141 Å². The van der Waals surface area contributed by atoms with E-state index in [0.717, 1.165) is 19.0 Å². The number of thiol groups is 1. The van der Waals surface area contributed by atoms with Crippen molar-refractivity contribution in [2.45, 2.75) is 147 Å². The Kier molecular flexibility index (Phi) is 25.4. The maximum absolute atomic E-state index is 15.9. The number of alkyl halides is 3. The molecule has 9 saturated heterocycles. The number of anilines is 6. The number of nitrogens with one attached hydrogen (secondary N) is 3. The number of nitrogens with zero attached hydrogens (tertiary/aromatic N) is 18. The molecular weight excluding hydrogens is 2000 g/mol. The quantitative estimate of drug-likeness (QED) is 0.0693. The molecule has 9 aliphatic heterocycles. The smallest absolute Gasteiger partial charge is 0.397 e. The summed E-state index contributed by atoms with van der Waals surface area (Å²) in [4.78, 5) is 147. The predicted octanol–water partition coefficient (Wildman–Crippen LogP) is -1.11. The summed E-state index contributed by atoms with van der Waals surface area (Å²) in [5.74, 6) is -0.757. The van der Waals surface area contributed by atoms with Crippen LogP contribution in [0.4, 0.5) is 48.1 Å². The number of ether oxygens (including phenoxy) is 6. The van der Waals surface area contributed by atoms with E-state index in [2.05, 4.69) is 87.0 Å². The molecule has 72 heteroatoms. The summed E-state index contributed by atoms with van der Waals surface area (Å²) < 4.78 is 207. The maximum atomic E-state index is 15.9. The van der Waals surface area contributed by atoms with Crippen LogP contribution in [0.1, 0.15) is 37.4 Å². The molecule has 0 saturated carbocycles. The molecule has 0 aliphatic carbocycles. The fraction of sp³-hybridized carbons (Fsp3) is 0.476. The average molecular weight is 2070 g/mol. The van der Waals surface area contributed by atoms with Crippen LogP contribution in [-0.2, 0) is 125 Å². The number of nitrogen functional groups attached to an aromatic ring is 6. The van der Waals surface area contributed by atoms with Crippen molar-refractivity contribution in [2.24, 2.45) is 0 Å². The minimum absolute atomic E-state index is 0.0708. The lowest BCUT2D eigenvalue weighted by atomic mass is 10.1. The van der Waals surface area contributed by atoms with Crippen molar-refractivity contribution in [1.29, 1.82) is 0 Å². The number of aliphatic hydroxyl groups is 3. The number of aliphatic hydroxyl groups excluding tert-OH is 3. The minimum Gasteiger partial charge on any atom is -0.397 e. The zero-order chi connectivity index (χ0) is 95.5. The van der Waals surface area contributed by atoms with Gasteiger partial charge in [0.15, 0.2) is 106 Å². The lowest BCUT2D eigenvalue weighted by Crippen LogP contribution is -2.35. The van der Waals surface area contributed by atoms with Gasteiger partial charge in [-0.3, -0.25) is 102 Å². The van der Waals surface area contributed by atoms with Gasteiger partial charge in [0.25, 0.3) is 16.7 Å². The number of hydrogen-bond donors (Lipinski definition) is 18. The van der Waals surface area contributed by atoms with Gasteiger partial charge in [0.1, 0.15) is 108 Å². The number of phosphoric ester groups is 3. The van der Waals surface area contributed by atoms with Gasteiger partial charge in [0, 0.05) is 18.6 Å². The monoisotopic (exact) mass is 2070 g/mol. The summed E-state index contributed by atoms with van der Waals surface area (Å²) >= 11 is 14.4. The highest BCUT2D eigenvalue weighted by Crippen LogP contribution is 2.61. The Morgan fingerprint density at radius 1 is 0.348 bits per heavy atom. The number of hydrogen-bond acceptors (Lipinski definition) is 48. The largest absolute Gasteiger partial charge is 0.472 e. The molecule has 23 N–H and O–H groups in total. The lowest BCUT2D eigenvalue weighted by molar-refractivity contribution is -0.0635. The highest BCUT2D eigenvalue weighted by Gasteiger charge is 2.59. The number of H-pyrrole nitrogens is 3. The van der Waals surface area contributed by atoms with Gasteiger partial charge in [0.2, 0.25) is 17.8 Å². The van der Waals surface area contributed by atoms with Crippen molar-refractivity contribution in [3.05, 3.63) is 106 Å². The number of aromatic amines is 3. The Morgan fingerprint density at radius 2 is 0.600 bits per heavy atom. The van der Waals surface area contributed by atoms with E-state index in [0.29, 0.717) is 0 Å². The van der Waals surface area contributed by atoms with Crippen LogP contribution in [0.25, 0.3) is 67.0 Å². The van der Waals surface area contributed by atoms with E-state index < -0.39 is 247 Å². The zero-order valence-corrected chi connectivity index (χ0v) is 75.3. The number of aromatic nitrogens is 21. The van der Waals surface area contributed by atoms with Gasteiger partial charge in [-0.2, -0.15) is 15.0 Å². The molecule has 0 radical (unpaired) electrons. The third kappa shape index (κ3) is 18.4. The fourth-order valence-electron chi connectivity index (χ4n) is 16.0. The third-order valence-electron chi connectivity index (χ3n) is 22.2. The van der Waals surface area contributed by atoms with E-state index in [1.165, 1.54) is 83.2 Å². The van der Waals surface area contributed by atoms with E-state index in [1.807, 2.05) is 0 Å². The van der Waals surface area contributed by atoms with Crippen LogP contribution in [0.15, 0.2) is 89.1 Å². The molecule has 726 valence electrons. The van der Waals surface area contributed by atoms with Gasteiger partial charge in [-0.1, -0.05) is 12.2 Å². The fourth-order valence-corrected chi connectivity index (χ4v) is 23.2. The van der Waals surface area contributed by atoms with E-state index in [-0.39, 0.29) is 102 Å². The van der Waals surface area contributed by atoms with Crippen molar-refractivity contribution in [2.75, 3.05) is 74.0 Å². The van der Waals surface area contributed by atoms with Gasteiger partial charge < -0.3 is 112 Å². The van der Waals surface area contributed by atoms with E-state index >= 15 is 13.2 Å². The first kappa shape index (κ1) is 95.0. The van der Waals surface area contributed by atoms with Crippen molar-refractivity contribution in [1.82, 2.24) is 102 Å². The van der Waals surface area contributed by atoms with Crippen molar-refractivity contribution in [3.8, 4) is 0 Å². The van der Waals surface area contributed by atoms with Crippen LogP contribution in [0.5, 0.6) is 0 Å². The van der Waals surface area contributed by atoms with Crippen molar-refractivity contribution in [3.63, 3.8) is 0 Å². The second kappa shape index (κ2) is 36.0. The molecular formula is C63H72F3N27O33P6S3. The van der Waals surface area contributed by atoms with E-state index in [9.17, 15) is 72.4 Å². The molecule has 12 aromatic rings. The van der Waals surface area contributed by atoms with Crippen LogP contribution in [0.2, 0.25) is 0 Å². The summed E-state index contributed by atoms with van der Waals surface area (Å²) in [6.45, 7) is -17.6.